The van der Waals surface area contributed by atoms with E-state index in [0.717, 1.165) is 11.1 Å². The number of aromatic nitrogens is 2. The minimum absolute atomic E-state index is 0.00711. The lowest BCUT2D eigenvalue weighted by atomic mass is 9.98. The summed E-state index contributed by atoms with van der Waals surface area (Å²) in [6.07, 6.45) is 0.935. The van der Waals surface area contributed by atoms with Crippen molar-refractivity contribution >= 4 is 29.7 Å². The number of hydrogen-bond acceptors (Lipinski definition) is 6. The SMILES string of the molecule is Cn1ncc(CNC(=O)CSCCNC(=O)OCC2c3ccccc3-c3ccccc32)c1C(=O)O. The van der Waals surface area contributed by atoms with Gasteiger partial charge in [0.05, 0.1) is 11.9 Å². The molecule has 182 valence electrons. The van der Waals surface area contributed by atoms with Crippen molar-refractivity contribution in [2.24, 2.45) is 7.05 Å². The fourth-order valence-electron chi connectivity index (χ4n) is 4.17. The van der Waals surface area contributed by atoms with Gasteiger partial charge in [-0.05, 0) is 22.3 Å². The van der Waals surface area contributed by atoms with Crippen molar-refractivity contribution in [1.82, 2.24) is 20.4 Å². The van der Waals surface area contributed by atoms with Crippen LogP contribution in [0.1, 0.15) is 33.1 Å². The zero-order chi connectivity index (χ0) is 24.8. The van der Waals surface area contributed by atoms with E-state index in [1.807, 2.05) is 24.3 Å². The Balaban J connectivity index is 1.15. The second kappa shape index (κ2) is 11.1. The Labute approximate surface area is 206 Å². The van der Waals surface area contributed by atoms with Crippen LogP contribution in [0.3, 0.4) is 0 Å². The number of alkyl carbamates (subject to hydrolysis) is 1. The highest BCUT2D eigenvalue weighted by atomic mass is 32.2. The van der Waals surface area contributed by atoms with Crippen molar-refractivity contribution in [3.8, 4) is 11.1 Å². The molecule has 1 heterocycles. The van der Waals surface area contributed by atoms with Gasteiger partial charge in [0.15, 0.2) is 5.69 Å². The minimum Gasteiger partial charge on any atom is -0.477 e. The number of fused-ring (bicyclic) bond motifs is 3. The molecule has 0 radical (unpaired) electrons. The summed E-state index contributed by atoms with van der Waals surface area (Å²) in [5, 5.41) is 18.5. The molecule has 0 spiro atoms. The lowest BCUT2D eigenvalue weighted by Crippen LogP contribution is -2.29. The molecule has 35 heavy (non-hydrogen) atoms. The Morgan fingerprint density at radius 1 is 1.06 bits per heavy atom. The van der Waals surface area contributed by atoms with E-state index < -0.39 is 12.1 Å². The summed E-state index contributed by atoms with van der Waals surface area (Å²) in [5.41, 5.74) is 5.15. The highest BCUT2D eigenvalue weighted by Gasteiger charge is 2.28. The maximum Gasteiger partial charge on any atom is 0.407 e. The molecule has 0 unspecified atom stereocenters. The molecule has 0 aliphatic heterocycles. The van der Waals surface area contributed by atoms with Crippen LogP contribution in [-0.4, -0.2) is 57.5 Å². The molecule has 10 heteroatoms. The first-order chi connectivity index (χ1) is 17.0. The van der Waals surface area contributed by atoms with E-state index in [1.54, 1.807) is 0 Å². The summed E-state index contributed by atoms with van der Waals surface area (Å²) in [6.45, 7) is 0.704. The number of nitrogens with zero attached hydrogens (tertiary/aromatic N) is 2. The Kier molecular flexibility index (Phi) is 7.71. The van der Waals surface area contributed by atoms with Crippen molar-refractivity contribution in [1.29, 1.82) is 0 Å². The normalized spacial score (nSPS) is 12.0. The van der Waals surface area contributed by atoms with Crippen LogP contribution in [0.5, 0.6) is 0 Å². The third-order valence-corrected chi connectivity index (χ3v) is 6.74. The zero-order valence-electron chi connectivity index (χ0n) is 19.2. The van der Waals surface area contributed by atoms with Crippen molar-refractivity contribution < 1.29 is 24.2 Å². The van der Waals surface area contributed by atoms with Gasteiger partial charge >= 0.3 is 12.1 Å². The second-order valence-electron chi connectivity index (χ2n) is 8.03. The molecule has 1 aliphatic carbocycles. The van der Waals surface area contributed by atoms with Gasteiger partial charge in [0.25, 0.3) is 0 Å². The van der Waals surface area contributed by atoms with Crippen LogP contribution in [0.25, 0.3) is 11.1 Å². The number of ether oxygens (including phenoxy) is 1. The van der Waals surface area contributed by atoms with Crippen LogP contribution in [0.15, 0.2) is 54.7 Å². The van der Waals surface area contributed by atoms with Crippen molar-refractivity contribution in [3.63, 3.8) is 0 Å². The predicted molar refractivity (Wildman–Crippen MR) is 132 cm³/mol. The van der Waals surface area contributed by atoms with Gasteiger partial charge in [0.2, 0.25) is 5.91 Å². The molecule has 0 bridgehead atoms. The molecule has 1 aliphatic rings. The summed E-state index contributed by atoms with van der Waals surface area (Å²) in [4.78, 5) is 35.5. The number of amides is 2. The molecule has 0 saturated heterocycles. The third-order valence-electron chi connectivity index (χ3n) is 5.79. The molecule has 0 fully saturated rings. The van der Waals surface area contributed by atoms with E-state index in [0.29, 0.717) is 17.9 Å². The highest BCUT2D eigenvalue weighted by Crippen LogP contribution is 2.44. The van der Waals surface area contributed by atoms with Gasteiger partial charge in [0.1, 0.15) is 6.61 Å². The van der Waals surface area contributed by atoms with Crippen molar-refractivity contribution in [2.45, 2.75) is 12.5 Å². The smallest absolute Gasteiger partial charge is 0.407 e. The fraction of sp³-hybridized carbons (Fsp3) is 0.280. The van der Waals surface area contributed by atoms with Crippen LogP contribution in [0.2, 0.25) is 0 Å². The van der Waals surface area contributed by atoms with Crippen LogP contribution >= 0.6 is 11.8 Å². The van der Waals surface area contributed by atoms with E-state index >= 15 is 0 Å². The molecule has 0 saturated carbocycles. The van der Waals surface area contributed by atoms with Gasteiger partial charge in [-0.2, -0.15) is 16.9 Å². The summed E-state index contributed by atoms with van der Waals surface area (Å²) < 4.78 is 6.75. The lowest BCUT2D eigenvalue weighted by molar-refractivity contribution is -0.118. The molecule has 2 amide bonds. The number of aromatic carboxylic acids is 1. The van der Waals surface area contributed by atoms with Crippen molar-refractivity contribution in [2.75, 3.05) is 24.7 Å². The van der Waals surface area contributed by atoms with Crippen LogP contribution in [-0.2, 0) is 23.1 Å². The Morgan fingerprint density at radius 3 is 2.37 bits per heavy atom. The van der Waals surface area contributed by atoms with Crippen LogP contribution < -0.4 is 10.6 Å². The van der Waals surface area contributed by atoms with Gasteiger partial charge in [-0.15, -0.1) is 0 Å². The number of hydrogen-bond donors (Lipinski definition) is 3. The summed E-state index contributed by atoms with van der Waals surface area (Å²) >= 11 is 1.36. The van der Waals surface area contributed by atoms with Gasteiger partial charge in [-0.1, -0.05) is 48.5 Å². The van der Waals surface area contributed by atoms with Crippen LogP contribution in [0, 0.1) is 0 Å². The van der Waals surface area contributed by atoms with E-state index in [-0.39, 0.29) is 36.4 Å². The Hall–Kier alpha value is -3.79. The van der Waals surface area contributed by atoms with E-state index in [2.05, 4.69) is 40.0 Å². The quantitative estimate of drug-likeness (QED) is 0.370. The van der Waals surface area contributed by atoms with E-state index in [9.17, 15) is 19.5 Å². The number of nitrogens with one attached hydrogen (secondary N) is 2. The summed E-state index contributed by atoms with van der Waals surface area (Å²) in [7, 11) is 1.54. The highest BCUT2D eigenvalue weighted by molar-refractivity contribution is 7.99. The summed E-state index contributed by atoms with van der Waals surface area (Å²) in [5.74, 6) is -0.591. The molecule has 3 N–H and O–H groups in total. The van der Waals surface area contributed by atoms with Crippen molar-refractivity contribution in [3.05, 3.63) is 77.1 Å². The number of rotatable bonds is 10. The first-order valence-corrected chi connectivity index (χ1v) is 12.3. The lowest BCUT2D eigenvalue weighted by Gasteiger charge is -2.14. The average Bonchev–Trinajstić information content (AvgIpc) is 3.38. The fourth-order valence-corrected chi connectivity index (χ4v) is 4.85. The Morgan fingerprint density at radius 2 is 1.71 bits per heavy atom. The van der Waals surface area contributed by atoms with Gasteiger partial charge in [-0.25, -0.2) is 9.59 Å². The largest absolute Gasteiger partial charge is 0.477 e. The first-order valence-electron chi connectivity index (χ1n) is 11.1. The molecule has 4 rings (SSSR count). The molecule has 3 aromatic rings. The Bertz CT molecular complexity index is 1200. The average molecular weight is 495 g/mol. The molecule has 0 atom stereocenters. The summed E-state index contributed by atoms with van der Waals surface area (Å²) in [6, 6.07) is 16.3. The number of benzene rings is 2. The third kappa shape index (κ3) is 5.65. The number of carboxylic acid groups (broad SMARTS) is 1. The maximum atomic E-state index is 12.2. The number of carbonyl (C=O) groups excluding carboxylic acids is 2. The second-order valence-corrected chi connectivity index (χ2v) is 9.13. The van der Waals surface area contributed by atoms with E-state index in [4.69, 9.17) is 4.74 Å². The molecule has 2 aromatic carbocycles. The number of carbonyl (C=O) groups is 3. The standard InChI is InChI=1S/C25H26N4O5S/c1-29-23(24(31)32)16(13-28-29)12-27-22(30)15-35-11-10-26-25(33)34-14-21-19-8-4-2-6-17(19)18-7-3-5-9-20(18)21/h2-9,13,21H,10-12,14-15H2,1H3,(H,26,33)(H,27,30)(H,31,32). The number of thioether (sulfide) groups is 1. The molecular weight excluding hydrogens is 468 g/mol. The van der Waals surface area contributed by atoms with E-state index in [1.165, 1.54) is 40.8 Å². The van der Waals surface area contributed by atoms with Gasteiger partial charge in [-0.3, -0.25) is 9.48 Å². The monoisotopic (exact) mass is 494 g/mol. The molecule has 1 aromatic heterocycles. The number of aryl methyl sites for hydroxylation is 1. The van der Waals surface area contributed by atoms with Crippen LogP contribution in [0.4, 0.5) is 4.79 Å². The van der Waals surface area contributed by atoms with Gasteiger partial charge in [0, 0.05) is 37.4 Å². The zero-order valence-corrected chi connectivity index (χ0v) is 20.0. The molecular formula is C25H26N4O5S. The maximum absolute atomic E-state index is 12.2. The first kappa shape index (κ1) is 24.3. The topological polar surface area (TPSA) is 123 Å². The minimum atomic E-state index is -1.09. The molecule has 9 nitrogen and oxygen atoms in total. The predicted octanol–water partition coefficient (Wildman–Crippen LogP) is 3.01. The van der Waals surface area contributed by atoms with Gasteiger partial charge < -0.3 is 20.5 Å². The number of carboxylic acids is 1.